The Hall–Kier alpha value is -1.23. The van der Waals surface area contributed by atoms with Gasteiger partial charge in [0.05, 0.1) is 11.7 Å². The lowest BCUT2D eigenvalue weighted by atomic mass is 10.2. The van der Waals surface area contributed by atoms with Crippen LogP contribution in [0, 0.1) is 0 Å². The maximum atomic E-state index is 12.4. The van der Waals surface area contributed by atoms with Crippen LogP contribution < -0.4 is 4.72 Å². The summed E-state index contributed by atoms with van der Waals surface area (Å²) in [5.41, 5.74) is 0.725. The van der Waals surface area contributed by atoms with Gasteiger partial charge in [-0.2, -0.15) is 25.2 Å². The summed E-state index contributed by atoms with van der Waals surface area (Å²) in [5, 5.41) is 9.12. The van der Waals surface area contributed by atoms with Gasteiger partial charge in [0.1, 0.15) is 22.0 Å². The van der Waals surface area contributed by atoms with Gasteiger partial charge in [-0.15, -0.1) is 0 Å². The van der Waals surface area contributed by atoms with Crippen molar-refractivity contribution in [2.75, 3.05) is 12.0 Å². The van der Waals surface area contributed by atoms with Crippen LogP contribution in [0.5, 0.6) is 0 Å². The van der Waals surface area contributed by atoms with Crippen LogP contribution in [0.25, 0.3) is 11.0 Å². The van der Waals surface area contributed by atoms with E-state index in [1.54, 1.807) is 12.1 Å². The molecule has 2 rings (SSSR count). The first-order valence-corrected chi connectivity index (χ1v) is 9.52. The largest absolute Gasteiger partial charge is 0.480 e. The molecule has 114 valence electrons. The van der Waals surface area contributed by atoms with Gasteiger partial charge in [0.15, 0.2) is 0 Å². The molecule has 0 fully saturated rings. The number of carboxylic acids is 1. The van der Waals surface area contributed by atoms with E-state index in [-0.39, 0.29) is 16.8 Å². The third-order valence-corrected chi connectivity index (χ3v) is 5.43. The van der Waals surface area contributed by atoms with Crippen LogP contribution in [0.15, 0.2) is 23.1 Å². The lowest BCUT2D eigenvalue weighted by Gasteiger charge is -2.14. The number of fused-ring (bicyclic) bond motifs is 1. The molecule has 0 saturated carbocycles. The molecule has 2 aromatic rings. The molecule has 0 amide bonds. The maximum absolute atomic E-state index is 12.4. The topological polar surface area (TPSA) is 109 Å². The standard InChI is InChI=1S/C11H13N3O4S3/c1-19-6-5-8(11(15)16)14-21(17,18)9-4-2-3-7-10(9)13-20-12-7/h2-4,8,14H,5-6H2,1H3,(H,15,16)/t8-/m1/s1. The van der Waals surface area contributed by atoms with Crippen molar-refractivity contribution >= 4 is 50.5 Å². The quantitative estimate of drug-likeness (QED) is 0.774. The van der Waals surface area contributed by atoms with Gasteiger partial charge in [-0.05, 0) is 30.6 Å². The van der Waals surface area contributed by atoms with Crippen molar-refractivity contribution in [3.63, 3.8) is 0 Å². The zero-order valence-corrected chi connectivity index (χ0v) is 13.5. The van der Waals surface area contributed by atoms with Gasteiger partial charge in [0, 0.05) is 0 Å². The molecule has 0 bridgehead atoms. The van der Waals surface area contributed by atoms with Crippen LogP contribution in [-0.2, 0) is 14.8 Å². The summed E-state index contributed by atoms with van der Waals surface area (Å²) in [4.78, 5) is 11.1. The Kier molecular flexibility index (Phi) is 5.14. The van der Waals surface area contributed by atoms with E-state index < -0.39 is 22.0 Å². The van der Waals surface area contributed by atoms with Gasteiger partial charge in [-0.3, -0.25) is 4.79 Å². The van der Waals surface area contributed by atoms with Gasteiger partial charge >= 0.3 is 5.97 Å². The van der Waals surface area contributed by atoms with E-state index in [9.17, 15) is 13.2 Å². The predicted octanol–water partition coefficient (Wildman–Crippen LogP) is 1.18. The Labute approximate surface area is 130 Å². The fourth-order valence-electron chi connectivity index (χ4n) is 1.72. The van der Waals surface area contributed by atoms with E-state index in [0.29, 0.717) is 11.3 Å². The zero-order chi connectivity index (χ0) is 15.5. The molecule has 1 atom stereocenters. The SMILES string of the molecule is CSCC[C@@H](NS(=O)(=O)c1cccc2nsnc12)C(=O)O. The lowest BCUT2D eigenvalue weighted by Crippen LogP contribution is -2.41. The molecule has 0 saturated heterocycles. The zero-order valence-electron chi connectivity index (χ0n) is 11.0. The minimum absolute atomic E-state index is 0.0517. The highest BCUT2D eigenvalue weighted by Crippen LogP contribution is 2.21. The minimum Gasteiger partial charge on any atom is -0.480 e. The number of carboxylic acid groups (broad SMARTS) is 1. The second-order valence-corrected chi connectivity index (χ2v) is 7.38. The number of thioether (sulfide) groups is 1. The minimum atomic E-state index is -3.97. The first kappa shape index (κ1) is 16.1. The van der Waals surface area contributed by atoms with Crippen molar-refractivity contribution in [1.82, 2.24) is 13.5 Å². The number of hydrogen-bond donors (Lipinski definition) is 2. The summed E-state index contributed by atoms with van der Waals surface area (Å²) in [7, 11) is -3.97. The van der Waals surface area contributed by atoms with Crippen molar-refractivity contribution in [2.24, 2.45) is 0 Å². The first-order chi connectivity index (χ1) is 9.95. The molecule has 0 radical (unpaired) electrons. The molecule has 0 aliphatic rings. The van der Waals surface area contributed by atoms with Crippen molar-refractivity contribution in [3.05, 3.63) is 18.2 Å². The van der Waals surface area contributed by atoms with E-state index in [1.807, 2.05) is 6.26 Å². The van der Waals surface area contributed by atoms with Crippen molar-refractivity contribution in [3.8, 4) is 0 Å². The number of sulfonamides is 1. The average Bonchev–Trinajstić information content (AvgIpc) is 2.91. The predicted molar refractivity (Wildman–Crippen MR) is 82.2 cm³/mol. The Morgan fingerprint density at radius 3 is 2.90 bits per heavy atom. The number of rotatable bonds is 7. The summed E-state index contributed by atoms with van der Waals surface area (Å²) in [6.07, 6.45) is 2.04. The Bertz CT molecular complexity index is 744. The van der Waals surface area contributed by atoms with Crippen LogP contribution in [0.4, 0.5) is 0 Å². The van der Waals surface area contributed by atoms with E-state index >= 15 is 0 Å². The van der Waals surface area contributed by atoms with Gasteiger partial charge in [-0.25, -0.2) is 8.42 Å². The maximum Gasteiger partial charge on any atom is 0.321 e. The molecule has 1 aromatic carbocycles. The van der Waals surface area contributed by atoms with Crippen molar-refractivity contribution in [2.45, 2.75) is 17.4 Å². The Morgan fingerprint density at radius 1 is 1.48 bits per heavy atom. The monoisotopic (exact) mass is 347 g/mol. The first-order valence-electron chi connectivity index (χ1n) is 5.91. The van der Waals surface area contributed by atoms with E-state index in [1.165, 1.54) is 17.8 Å². The third kappa shape index (κ3) is 3.70. The van der Waals surface area contributed by atoms with E-state index in [0.717, 1.165) is 11.7 Å². The lowest BCUT2D eigenvalue weighted by molar-refractivity contribution is -0.139. The highest BCUT2D eigenvalue weighted by atomic mass is 32.2. The number of aromatic nitrogens is 2. The highest BCUT2D eigenvalue weighted by molar-refractivity contribution is 7.98. The molecule has 10 heteroatoms. The van der Waals surface area contributed by atoms with Gasteiger partial charge in [0.2, 0.25) is 10.0 Å². The molecular formula is C11H13N3O4S3. The molecule has 0 spiro atoms. The third-order valence-electron chi connectivity index (χ3n) is 2.74. The van der Waals surface area contributed by atoms with Crippen LogP contribution in [0.1, 0.15) is 6.42 Å². The second kappa shape index (κ2) is 6.69. The number of carbonyl (C=O) groups is 1. The van der Waals surface area contributed by atoms with Crippen molar-refractivity contribution < 1.29 is 18.3 Å². The summed E-state index contributed by atoms with van der Waals surface area (Å²) in [6, 6.07) is 3.43. The summed E-state index contributed by atoms with van der Waals surface area (Å²) in [5.74, 6) is -0.654. The molecule has 0 aliphatic carbocycles. The number of nitrogens with one attached hydrogen (secondary N) is 1. The Morgan fingerprint density at radius 2 is 2.24 bits per heavy atom. The molecule has 7 nitrogen and oxygen atoms in total. The normalized spacial score (nSPS) is 13.4. The smallest absolute Gasteiger partial charge is 0.321 e. The van der Waals surface area contributed by atoms with Gasteiger partial charge < -0.3 is 5.11 Å². The number of benzene rings is 1. The molecule has 0 aliphatic heterocycles. The van der Waals surface area contributed by atoms with E-state index in [4.69, 9.17) is 5.11 Å². The summed E-state index contributed by atoms with van der Waals surface area (Å²) < 4.78 is 34.9. The van der Waals surface area contributed by atoms with E-state index in [2.05, 4.69) is 13.5 Å². The molecule has 1 heterocycles. The fraction of sp³-hybridized carbons (Fsp3) is 0.364. The highest BCUT2D eigenvalue weighted by Gasteiger charge is 2.27. The average molecular weight is 347 g/mol. The summed E-state index contributed by atoms with van der Waals surface area (Å²) in [6.45, 7) is 0. The van der Waals surface area contributed by atoms with Gasteiger partial charge in [-0.1, -0.05) is 6.07 Å². The van der Waals surface area contributed by atoms with Crippen LogP contribution in [0.2, 0.25) is 0 Å². The van der Waals surface area contributed by atoms with Crippen molar-refractivity contribution in [1.29, 1.82) is 0 Å². The number of nitrogens with zero attached hydrogens (tertiary/aromatic N) is 2. The molecule has 21 heavy (non-hydrogen) atoms. The Balaban J connectivity index is 2.33. The van der Waals surface area contributed by atoms with Crippen LogP contribution in [0.3, 0.4) is 0 Å². The van der Waals surface area contributed by atoms with Gasteiger partial charge in [0.25, 0.3) is 0 Å². The molecule has 0 unspecified atom stereocenters. The molecular weight excluding hydrogens is 334 g/mol. The number of hydrogen-bond acceptors (Lipinski definition) is 7. The van der Waals surface area contributed by atoms with Crippen LogP contribution >= 0.6 is 23.5 Å². The fourth-order valence-corrected chi connectivity index (χ4v) is 4.18. The number of aliphatic carboxylic acids is 1. The van der Waals surface area contributed by atoms with Crippen LogP contribution in [-0.4, -0.2) is 46.3 Å². The second-order valence-electron chi connectivity index (χ2n) is 4.18. The summed E-state index contributed by atoms with van der Waals surface area (Å²) >= 11 is 2.36. The molecule has 1 aromatic heterocycles. The molecule has 2 N–H and O–H groups in total.